The fraction of sp³-hybridized carbons (Fsp3) is 0.900. The summed E-state index contributed by atoms with van der Waals surface area (Å²) in [6.07, 6.45) is 0.0509. The lowest BCUT2D eigenvalue weighted by Crippen LogP contribution is -2.35. The van der Waals surface area contributed by atoms with Gasteiger partial charge >= 0.3 is 5.97 Å². The molecule has 0 aliphatic heterocycles. The van der Waals surface area contributed by atoms with E-state index >= 15 is 0 Å². The standard InChI is InChI=1S/C10H20O3/c1-7(2)9(11)13-10(5,6)12-8(3)4/h7-8H,1-6H3. The summed E-state index contributed by atoms with van der Waals surface area (Å²) >= 11 is 0. The predicted octanol–water partition coefficient (Wildman–Crippen LogP) is 2.35. The van der Waals surface area contributed by atoms with Crippen LogP contribution < -0.4 is 0 Å². The molecule has 78 valence electrons. The minimum atomic E-state index is -0.824. The number of carbonyl (C=O) groups excluding carboxylic acids is 1. The van der Waals surface area contributed by atoms with Crippen molar-refractivity contribution in [1.29, 1.82) is 0 Å². The summed E-state index contributed by atoms with van der Waals surface area (Å²) in [6.45, 7) is 10.9. The van der Waals surface area contributed by atoms with E-state index in [2.05, 4.69) is 0 Å². The van der Waals surface area contributed by atoms with Crippen LogP contribution in [-0.4, -0.2) is 17.9 Å². The zero-order valence-corrected chi connectivity index (χ0v) is 9.38. The monoisotopic (exact) mass is 188 g/mol. The van der Waals surface area contributed by atoms with Gasteiger partial charge in [-0.2, -0.15) is 0 Å². The van der Waals surface area contributed by atoms with Crippen LogP contribution in [0.25, 0.3) is 0 Å². The Balaban J connectivity index is 4.09. The lowest BCUT2D eigenvalue weighted by Gasteiger charge is -2.28. The quantitative estimate of drug-likeness (QED) is 0.502. The molecule has 0 saturated heterocycles. The van der Waals surface area contributed by atoms with Crippen molar-refractivity contribution in [2.45, 2.75) is 53.4 Å². The van der Waals surface area contributed by atoms with Gasteiger partial charge in [-0.1, -0.05) is 13.8 Å². The lowest BCUT2D eigenvalue weighted by molar-refractivity contribution is -0.230. The van der Waals surface area contributed by atoms with Crippen LogP contribution in [0.4, 0.5) is 0 Å². The first-order valence-electron chi connectivity index (χ1n) is 4.65. The SMILES string of the molecule is CC(C)OC(C)(C)OC(=O)C(C)C. The Kier molecular flexibility index (Phi) is 4.40. The van der Waals surface area contributed by atoms with Crippen LogP contribution in [0.15, 0.2) is 0 Å². The van der Waals surface area contributed by atoms with Crippen LogP contribution in [0.3, 0.4) is 0 Å². The minimum absolute atomic E-state index is 0.0509. The Morgan fingerprint density at radius 2 is 1.62 bits per heavy atom. The highest BCUT2D eigenvalue weighted by Gasteiger charge is 2.25. The molecule has 0 bridgehead atoms. The third-order valence-corrected chi connectivity index (χ3v) is 1.34. The Hall–Kier alpha value is -0.570. The van der Waals surface area contributed by atoms with Gasteiger partial charge in [-0.3, -0.25) is 4.79 Å². The van der Waals surface area contributed by atoms with Gasteiger partial charge in [-0.25, -0.2) is 0 Å². The van der Waals surface area contributed by atoms with E-state index in [-0.39, 0.29) is 18.0 Å². The molecule has 0 spiro atoms. The number of hydrogen-bond acceptors (Lipinski definition) is 3. The van der Waals surface area contributed by atoms with Crippen LogP contribution in [0.2, 0.25) is 0 Å². The summed E-state index contributed by atoms with van der Waals surface area (Å²) in [4.78, 5) is 11.2. The molecule has 0 unspecified atom stereocenters. The number of rotatable bonds is 4. The molecule has 0 fully saturated rings. The average molecular weight is 188 g/mol. The topological polar surface area (TPSA) is 35.5 Å². The summed E-state index contributed by atoms with van der Waals surface area (Å²) in [6, 6.07) is 0. The molecular formula is C10H20O3. The molecule has 0 aromatic carbocycles. The molecule has 0 amide bonds. The van der Waals surface area contributed by atoms with E-state index in [1.165, 1.54) is 0 Å². The zero-order chi connectivity index (χ0) is 10.6. The van der Waals surface area contributed by atoms with Gasteiger partial charge in [0.1, 0.15) is 0 Å². The van der Waals surface area contributed by atoms with Crippen LogP contribution in [0.5, 0.6) is 0 Å². The number of hydrogen-bond donors (Lipinski definition) is 0. The molecule has 3 heteroatoms. The van der Waals surface area contributed by atoms with Crippen LogP contribution in [0.1, 0.15) is 41.5 Å². The van der Waals surface area contributed by atoms with Crippen molar-refractivity contribution in [1.82, 2.24) is 0 Å². The Labute approximate surface area is 80.4 Å². The highest BCUT2D eigenvalue weighted by Crippen LogP contribution is 2.16. The van der Waals surface area contributed by atoms with Gasteiger partial charge in [-0.05, 0) is 13.8 Å². The van der Waals surface area contributed by atoms with E-state index in [0.717, 1.165) is 0 Å². The lowest BCUT2D eigenvalue weighted by atomic mass is 10.2. The van der Waals surface area contributed by atoms with Gasteiger partial charge in [0, 0.05) is 13.8 Å². The van der Waals surface area contributed by atoms with E-state index in [0.29, 0.717) is 0 Å². The molecule has 0 heterocycles. The zero-order valence-electron chi connectivity index (χ0n) is 9.38. The second-order valence-electron chi connectivity index (χ2n) is 4.14. The van der Waals surface area contributed by atoms with Gasteiger partial charge in [0.2, 0.25) is 5.79 Å². The number of carbonyl (C=O) groups is 1. The number of ether oxygens (including phenoxy) is 2. The molecule has 0 aromatic rings. The van der Waals surface area contributed by atoms with Crippen molar-refractivity contribution < 1.29 is 14.3 Å². The molecule has 13 heavy (non-hydrogen) atoms. The maximum absolute atomic E-state index is 11.2. The largest absolute Gasteiger partial charge is 0.433 e. The minimum Gasteiger partial charge on any atom is -0.433 e. The summed E-state index contributed by atoms with van der Waals surface area (Å²) in [7, 11) is 0. The molecule has 3 nitrogen and oxygen atoms in total. The normalized spacial score (nSPS) is 12.3. The Bertz CT molecular complexity index is 171. The predicted molar refractivity (Wildman–Crippen MR) is 51.2 cm³/mol. The van der Waals surface area contributed by atoms with Crippen molar-refractivity contribution in [3.05, 3.63) is 0 Å². The second-order valence-corrected chi connectivity index (χ2v) is 4.14. The molecular weight excluding hydrogens is 168 g/mol. The average Bonchev–Trinajstić information content (AvgIpc) is 1.81. The van der Waals surface area contributed by atoms with Gasteiger partial charge in [-0.15, -0.1) is 0 Å². The van der Waals surface area contributed by atoms with Crippen LogP contribution in [0, 0.1) is 5.92 Å². The van der Waals surface area contributed by atoms with Crippen molar-refractivity contribution in [2.24, 2.45) is 5.92 Å². The highest BCUT2D eigenvalue weighted by molar-refractivity contribution is 5.71. The molecule has 0 saturated carbocycles. The van der Waals surface area contributed by atoms with Crippen molar-refractivity contribution in [3.63, 3.8) is 0 Å². The molecule has 0 atom stereocenters. The molecule has 0 aromatic heterocycles. The Morgan fingerprint density at radius 3 is 1.92 bits per heavy atom. The van der Waals surface area contributed by atoms with Crippen molar-refractivity contribution >= 4 is 5.97 Å². The molecule has 0 rings (SSSR count). The van der Waals surface area contributed by atoms with Gasteiger partial charge in [0.25, 0.3) is 0 Å². The van der Waals surface area contributed by atoms with E-state index < -0.39 is 5.79 Å². The smallest absolute Gasteiger partial charge is 0.310 e. The molecule has 0 aliphatic carbocycles. The molecule has 0 aliphatic rings. The van der Waals surface area contributed by atoms with Gasteiger partial charge < -0.3 is 9.47 Å². The molecule has 0 N–H and O–H groups in total. The van der Waals surface area contributed by atoms with Crippen molar-refractivity contribution in [3.8, 4) is 0 Å². The van der Waals surface area contributed by atoms with Crippen LogP contribution in [-0.2, 0) is 14.3 Å². The Morgan fingerprint density at radius 1 is 1.15 bits per heavy atom. The van der Waals surface area contributed by atoms with E-state index in [9.17, 15) is 4.79 Å². The maximum atomic E-state index is 11.2. The summed E-state index contributed by atoms with van der Waals surface area (Å²) < 4.78 is 10.6. The summed E-state index contributed by atoms with van der Waals surface area (Å²) in [5.41, 5.74) is 0. The van der Waals surface area contributed by atoms with E-state index in [1.807, 2.05) is 13.8 Å². The fourth-order valence-corrected chi connectivity index (χ4v) is 0.952. The molecule has 0 radical (unpaired) electrons. The first-order valence-corrected chi connectivity index (χ1v) is 4.65. The first kappa shape index (κ1) is 12.4. The van der Waals surface area contributed by atoms with Gasteiger partial charge in [0.15, 0.2) is 0 Å². The van der Waals surface area contributed by atoms with E-state index in [4.69, 9.17) is 9.47 Å². The van der Waals surface area contributed by atoms with Crippen molar-refractivity contribution in [2.75, 3.05) is 0 Å². The van der Waals surface area contributed by atoms with Crippen LogP contribution >= 0.6 is 0 Å². The van der Waals surface area contributed by atoms with Gasteiger partial charge in [0.05, 0.1) is 12.0 Å². The summed E-state index contributed by atoms with van der Waals surface area (Å²) in [5, 5.41) is 0. The fourth-order valence-electron chi connectivity index (χ4n) is 0.952. The third-order valence-electron chi connectivity index (χ3n) is 1.34. The highest BCUT2D eigenvalue weighted by atomic mass is 16.7. The van der Waals surface area contributed by atoms with E-state index in [1.54, 1.807) is 27.7 Å². The number of esters is 1. The first-order chi connectivity index (χ1) is 5.74. The second kappa shape index (κ2) is 4.61. The third kappa shape index (κ3) is 5.64. The summed E-state index contributed by atoms with van der Waals surface area (Å²) in [5.74, 6) is -1.17. The maximum Gasteiger partial charge on any atom is 0.310 e.